The Morgan fingerprint density at radius 1 is 1.26 bits per heavy atom. The molecule has 2 N–H and O–H groups in total. The topological polar surface area (TPSA) is 102 Å². The van der Waals surface area contributed by atoms with Gasteiger partial charge in [0.25, 0.3) is 0 Å². The van der Waals surface area contributed by atoms with E-state index in [9.17, 15) is 14.7 Å². The highest BCUT2D eigenvalue weighted by Crippen LogP contribution is 2.47. The maximum Gasteiger partial charge on any atom is 0.349 e. The molecule has 0 bridgehead atoms. The Balaban J connectivity index is 2.04. The minimum absolute atomic E-state index is 0.0486. The predicted molar refractivity (Wildman–Crippen MR) is 81.0 cm³/mol. The van der Waals surface area contributed by atoms with Crippen LogP contribution < -0.4 is 14.2 Å². The average molecular weight is 357 g/mol. The second kappa shape index (κ2) is 5.98. The minimum atomic E-state index is -1.25. The van der Waals surface area contributed by atoms with Crippen molar-refractivity contribution in [1.29, 1.82) is 0 Å². The molecule has 0 amide bonds. The third-order valence-corrected chi connectivity index (χ3v) is 4.66. The summed E-state index contributed by atoms with van der Waals surface area (Å²) in [5.74, 6) is -1.52. The van der Waals surface area contributed by atoms with E-state index >= 15 is 0 Å². The highest BCUT2D eigenvalue weighted by Gasteiger charge is 2.25. The average Bonchev–Trinajstić information content (AvgIpc) is 3.08. The van der Waals surface area contributed by atoms with Crippen molar-refractivity contribution in [2.75, 3.05) is 13.4 Å². The van der Waals surface area contributed by atoms with E-state index in [1.807, 2.05) is 0 Å². The molecule has 0 atom stereocenters. The van der Waals surface area contributed by atoms with E-state index in [4.69, 9.17) is 30.9 Å². The van der Waals surface area contributed by atoms with E-state index in [0.29, 0.717) is 21.9 Å². The van der Waals surface area contributed by atoms with Crippen molar-refractivity contribution < 1.29 is 34.0 Å². The number of thiophene rings is 1. The van der Waals surface area contributed by atoms with Crippen molar-refractivity contribution in [1.82, 2.24) is 0 Å². The summed E-state index contributed by atoms with van der Waals surface area (Å²) in [6.07, 6.45) is 0. The number of aliphatic carboxylic acids is 1. The van der Waals surface area contributed by atoms with Gasteiger partial charge in [-0.3, -0.25) is 0 Å². The Labute approximate surface area is 138 Å². The number of aromatic carboxylic acids is 1. The van der Waals surface area contributed by atoms with Gasteiger partial charge < -0.3 is 24.4 Å². The zero-order valence-electron chi connectivity index (χ0n) is 11.4. The van der Waals surface area contributed by atoms with Crippen LogP contribution in [0.2, 0.25) is 5.02 Å². The summed E-state index contributed by atoms with van der Waals surface area (Å²) in [6.45, 7) is -0.568. The number of fused-ring (bicyclic) bond motifs is 1. The lowest BCUT2D eigenvalue weighted by Crippen LogP contribution is -2.10. The maximum absolute atomic E-state index is 11.3. The molecule has 1 aromatic carbocycles. The molecule has 3 rings (SSSR count). The Morgan fingerprint density at radius 2 is 2.00 bits per heavy atom. The van der Waals surface area contributed by atoms with Gasteiger partial charge in [-0.2, -0.15) is 0 Å². The Morgan fingerprint density at radius 3 is 2.70 bits per heavy atom. The fourth-order valence-electron chi connectivity index (χ4n) is 2.02. The number of carbonyl (C=O) groups is 2. The lowest BCUT2D eigenvalue weighted by atomic mass is 10.1. The van der Waals surface area contributed by atoms with Gasteiger partial charge in [0.1, 0.15) is 5.02 Å². The maximum atomic E-state index is 11.3. The summed E-state index contributed by atoms with van der Waals surface area (Å²) in [4.78, 5) is 22.2. The first-order valence-corrected chi connectivity index (χ1v) is 7.47. The molecule has 7 nitrogen and oxygen atoms in total. The van der Waals surface area contributed by atoms with Crippen LogP contribution in [-0.4, -0.2) is 35.6 Å². The Kier molecular flexibility index (Phi) is 4.01. The van der Waals surface area contributed by atoms with E-state index in [-0.39, 0.29) is 22.4 Å². The van der Waals surface area contributed by atoms with Crippen LogP contribution in [0.15, 0.2) is 18.2 Å². The number of ether oxygens (including phenoxy) is 3. The first kappa shape index (κ1) is 15.4. The molecule has 0 fully saturated rings. The minimum Gasteiger partial charge on any atom is -0.479 e. The number of halogens is 1. The number of benzene rings is 1. The van der Waals surface area contributed by atoms with Crippen LogP contribution in [0.3, 0.4) is 0 Å². The number of hydrogen-bond acceptors (Lipinski definition) is 6. The van der Waals surface area contributed by atoms with Crippen LogP contribution in [0, 0.1) is 0 Å². The highest BCUT2D eigenvalue weighted by molar-refractivity contribution is 7.18. The SMILES string of the molecule is O=C(O)COc1c(C(=O)O)sc(-c2ccc3c(c2)OCO3)c1Cl. The number of rotatable bonds is 5. The van der Waals surface area contributed by atoms with Gasteiger partial charge in [-0.25, -0.2) is 9.59 Å². The zero-order valence-corrected chi connectivity index (χ0v) is 12.9. The third-order valence-electron chi connectivity index (χ3n) is 2.98. The highest BCUT2D eigenvalue weighted by atomic mass is 35.5. The molecule has 23 heavy (non-hydrogen) atoms. The van der Waals surface area contributed by atoms with Crippen LogP contribution in [0.1, 0.15) is 9.67 Å². The Bertz CT molecular complexity index is 799. The quantitative estimate of drug-likeness (QED) is 0.848. The summed E-state index contributed by atoms with van der Waals surface area (Å²) < 4.78 is 15.5. The molecule has 0 aliphatic carbocycles. The van der Waals surface area contributed by atoms with Crippen molar-refractivity contribution in [3.63, 3.8) is 0 Å². The summed E-state index contributed by atoms with van der Waals surface area (Å²) in [5.41, 5.74) is 0.622. The third kappa shape index (κ3) is 2.90. The van der Waals surface area contributed by atoms with Crippen molar-refractivity contribution in [2.24, 2.45) is 0 Å². The van der Waals surface area contributed by atoms with Gasteiger partial charge in [0, 0.05) is 0 Å². The van der Waals surface area contributed by atoms with E-state index < -0.39 is 18.5 Å². The molecule has 0 radical (unpaired) electrons. The first-order valence-electron chi connectivity index (χ1n) is 6.27. The van der Waals surface area contributed by atoms with Gasteiger partial charge >= 0.3 is 11.9 Å². The van der Waals surface area contributed by atoms with E-state index in [1.165, 1.54) is 0 Å². The second-order valence-corrected chi connectivity index (χ2v) is 5.86. The lowest BCUT2D eigenvalue weighted by molar-refractivity contribution is -0.139. The molecule has 9 heteroatoms. The molecule has 0 saturated heterocycles. The van der Waals surface area contributed by atoms with Crippen molar-refractivity contribution >= 4 is 34.9 Å². The zero-order chi connectivity index (χ0) is 16.6. The lowest BCUT2D eigenvalue weighted by Gasteiger charge is -2.04. The summed E-state index contributed by atoms with van der Waals surface area (Å²) in [5, 5.41) is 18.0. The number of carboxylic acids is 2. The van der Waals surface area contributed by atoms with Crippen LogP contribution in [0.4, 0.5) is 0 Å². The van der Waals surface area contributed by atoms with Crippen molar-refractivity contribution in [3.8, 4) is 27.7 Å². The molecular weight excluding hydrogens is 348 g/mol. The van der Waals surface area contributed by atoms with Gasteiger partial charge in [0.15, 0.2) is 28.7 Å². The first-order chi connectivity index (χ1) is 11.0. The smallest absolute Gasteiger partial charge is 0.349 e. The Hall–Kier alpha value is -2.45. The van der Waals surface area contributed by atoms with Crippen LogP contribution in [0.5, 0.6) is 17.2 Å². The molecule has 0 unspecified atom stereocenters. The predicted octanol–water partition coefficient (Wildman–Crippen LogP) is 2.96. The molecule has 1 aliphatic rings. The van der Waals surface area contributed by atoms with Crippen molar-refractivity contribution in [2.45, 2.75) is 0 Å². The standard InChI is InChI=1S/C14H9ClO7S/c15-10-11(20-4-9(16)17)13(14(18)19)23-12(10)6-1-2-7-8(3-6)22-5-21-7/h1-3H,4-5H2,(H,16,17)(H,18,19). The summed E-state index contributed by atoms with van der Waals surface area (Å²) in [6, 6.07) is 5.07. The molecule has 0 saturated carbocycles. The molecule has 1 aromatic heterocycles. The largest absolute Gasteiger partial charge is 0.479 e. The molecule has 0 spiro atoms. The van der Waals surface area contributed by atoms with E-state index in [2.05, 4.69) is 0 Å². The van der Waals surface area contributed by atoms with Crippen molar-refractivity contribution in [3.05, 3.63) is 28.1 Å². The van der Waals surface area contributed by atoms with E-state index in [0.717, 1.165) is 11.3 Å². The second-order valence-electron chi connectivity index (χ2n) is 4.46. The number of carboxylic acid groups (broad SMARTS) is 2. The van der Waals surface area contributed by atoms with Crippen LogP contribution >= 0.6 is 22.9 Å². The van der Waals surface area contributed by atoms with Gasteiger partial charge in [-0.15, -0.1) is 11.3 Å². The monoisotopic (exact) mass is 356 g/mol. The van der Waals surface area contributed by atoms with Gasteiger partial charge in [-0.05, 0) is 23.8 Å². The fraction of sp³-hybridized carbons (Fsp3) is 0.143. The number of hydrogen-bond donors (Lipinski definition) is 2. The molecule has 1 aliphatic heterocycles. The fourth-order valence-corrected chi connectivity index (χ4v) is 3.43. The summed E-state index contributed by atoms with van der Waals surface area (Å²) >= 11 is 7.10. The molecule has 2 aromatic rings. The van der Waals surface area contributed by atoms with Gasteiger partial charge in [0.2, 0.25) is 6.79 Å². The summed E-state index contributed by atoms with van der Waals surface area (Å²) in [7, 11) is 0. The molecular formula is C14H9ClO7S. The molecule has 120 valence electrons. The normalized spacial score (nSPS) is 12.2. The molecule has 2 heterocycles. The van der Waals surface area contributed by atoms with Gasteiger partial charge in [-0.1, -0.05) is 11.6 Å². The van der Waals surface area contributed by atoms with Crippen LogP contribution in [0.25, 0.3) is 10.4 Å². The van der Waals surface area contributed by atoms with E-state index in [1.54, 1.807) is 18.2 Å². The van der Waals surface area contributed by atoms with Gasteiger partial charge in [0.05, 0.1) is 4.88 Å². The van der Waals surface area contributed by atoms with Crippen LogP contribution in [-0.2, 0) is 4.79 Å².